The van der Waals surface area contributed by atoms with Crippen molar-refractivity contribution in [1.82, 2.24) is 4.98 Å². The number of aromatic nitrogens is 1. The Labute approximate surface area is 156 Å². The van der Waals surface area contributed by atoms with Gasteiger partial charge in [-0.25, -0.2) is 13.4 Å². The van der Waals surface area contributed by atoms with Crippen molar-refractivity contribution >= 4 is 27.0 Å². The van der Waals surface area contributed by atoms with Gasteiger partial charge in [0.2, 0.25) is 0 Å². The van der Waals surface area contributed by atoms with Gasteiger partial charge in [0.25, 0.3) is 10.0 Å². The Morgan fingerprint density at radius 2 is 1.81 bits per heavy atom. The van der Waals surface area contributed by atoms with E-state index in [9.17, 15) is 8.42 Å². The highest BCUT2D eigenvalue weighted by Gasteiger charge is 2.17. The van der Waals surface area contributed by atoms with Crippen LogP contribution >= 0.6 is 11.3 Å². The molecule has 1 N–H and O–H groups in total. The maximum atomic E-state index is 12.7. The maximum Gasteiger partial charge on any atom is 0.262 e. The monoisotopic (exact) mass is 390 g/mol. The van der Waals surface area contributed by atoms with E-state index in [1.54, 1.807) is 35.6 Å². The molecule has 0 amide bonds. The SMILES string of the molecule is COc1ccc(S(=O)(=O)Nc2cccc(-c3csc(C)n3)c2)cc1OC. The first-order chi connectivity index (χ1) is 12.4. The van der Waals surface area contributed by atoms with Crippen LogP contribution in [-0.2, 0) is 10.0 Å². The van der Waals surface area contributed by atoms with Crippen LogP contribution in [0.25, 0.3) is 11.3 Å². The van der Waals surface area contributed by atoms with Gasteiger partial charge in [-0.05, 0) is 31.2 Å². The lowest BCUT2D eigenvalue weighted by atomic mass is 10.1. The fourth-order valence-corrected chi connectivity index (χ4v) is 4.12. The number of aryl methyl sites for hydroxylation is 1. The highest BCUT2D eigenvalue weighted by atomic mass is 32.2. The van der Waals surface area contributed by atoms with Crippen molar-refractivity contribution in [3.05, 3.63) is 52.9 Å². The zero-order valence-electron chi connectivity index (χ0n) is 14.5. The molecule has 0 atom stereocenters. The second kappa shape index (κ2) is 7.35. The Bertz CT molecular complexity index is 1030. The van der Waals surface area contributed by atoms with Crippen LogP contribution in [0.3, 0.4) is 0 Å². The third kappa shape index (κ3) is 3.81. The van der Waals surface area contributed by atoms with Crippen molar-refractivity contribution in [2.45, 2.75) is 11.8 Å². The quantitative estimate of drug-likeness (QED) is 0.690. The minimum absolute atomic E-state index is 0.0880. The van der Waals surface area contributed by atoms with Crippen molar-refractivity contribution in [1.29, 1.82) is 0 Å². The first-order valence-electron chi connectivity index (χ1n) is 7.70. The van der Waals surface area contributed by atoms with E-state index in [-0.39, 0.29) is 4.90 Å². The summed E-state index contributed by atoms with van der Waals surface area (Å²) in [6, 6.07) is 11.6. The molecule has 0 bridgehead atoms. The number of methoxy groups -OCH3 is 2. The molecule has 1 aromatic heterocycles. The molecule has 136 valence electrons. The Balaban J connectivity index is 1.90. The highest BCUT2D eigenvalue weighted by Crippen LogP contribution is 2.31. The minimum Gasteiger partial charge on any atom is -0.493 e. The zero-order chi connectivity index (χ0) is 18.7. The van der Waals surface area contributed by atoms with E-state index >= 15 is 0 Å². The van der Waals surface area contributed by atoms with Gasteiger partial charge in [0.1, 0.15) is 0 Å². The molecule has 1 heterocycles. The fraction of sp³-hybridized carbons (Fsp3) is 0.167. The topological polar surface area (TPSA) is 77.5 Å². The Kier molecular flexibility index (Phi) is 5.15. The van der Waals surface area contributed by atoms with Gasteiger partial charge in [-0.2, -0.15) is 0 Å². The molecule has 26 heavy (non-hydrogen) atoms. The lowest BCUT2D eigenvalue weighted by Gasteiger charge is -2.12. The van der Waals surface area contributed by atoms with Crippen molar-refractivity contribution in [3.8, 4) is 22.8 Å². The van der Waals surface area contributed by atoms with E-state index in [1.165, 1.54) is 26.4 Å². The van der Waals surface area contributed by atoms with Gasteiger partial charge in [-0.1, -0.05) is 12.1 Å². The third-order valence-electron chi connectivity index (χ3n) is 3.69. The van der Waals surface area contributed by atoms with E-state index in [4.69, 9.17) is 9.47 Å². The van der Waals surface area contributed by atoms with E-state index in [0.29, 0.717) is 17.2 Å². The van der Waals surface area contributed by atoms with Gasteiger partial charge in [0, 0.05) is 22.7 Å². The number of thiazole rings is 1. The average Bonchev–Trinajstić information content (AvgIpc) is 3.07. The molecule has 0 fully saturated rings. The summed E-state index contributed by atoms with van der Waals surface area (Å²) in [5.41, 5.74) is 2.13. The third-order valence-corrected chi connectivity index (χ3v) is 5.85. The van der Waals surface area contributed by atoms with Gasteiger partial charge >= 0.3 is 0 Å². The summed E-state index contributed by atoms with van der Waals surface area (Å²) >= 11 is 1.55. The number of ether oxygens (including phenoxy) is 2. The molecule has 0 unspecified atom stereocenters. The number of rotatable bonds is 6. The van der Waals surface area contributed by atoms with Crippen LogP contribution in [0.4, 0.5) is 5.69 Å². The number of anilines is 1. The minimum atomic E-state index is -3.77. The van der Waals surface area contributed by atoms with Crippen molar-refractivity contribution < 1.29 is 17.9 Å². The van der Waals surface area contributed by atoms with Crippen LogP contribution in [0.15, 0.2) is 52.7 Å². The predicted octanol–water partition coefficient (Wildman–Crippen LogP) is 3.94. The number of hydrogen-bond acceptors (Lipinski definition) is 6. The number of hydrogen-bond donors (Lipinski definition) is 1. The smallest absolute Gasteiger partial charge is 0.262 e. The normalized spacial score (nSPS) is 11.2. The number of nitrogens with zero attached hydrogens (tertiary/aromatic N) is 1. The van der Waals surface area contributed by atoms with Crippen LogP contribution in [0, 0.1) is 6.92 Å². The van der Waals surface area contributed by atoms with E-state index in [0.717, 1.165) is 16.3 Å². The van der Waals surface area contributed by atoms with E-state index < -0.39 is 10.0 Å². The standard InChI is InChI=1S/C18H18N2O4S2/c1-12-19-16(11-25-12)13-5-4-6-14(9-13)20-26(21,22)15-7-8-17(23-2)18(10-15)24-3/h4-11,20H,1-3H3. The zero-order valence-corrected chi connectivity index (χ0v) is 16.1. The summed E-state index contributed by atoms with van der Waals surface area (Å²) in [4.78, 5) is 4.52. The highest BCUT2D eigenvalue weighted by molar-refractivity contribution is 7.92. The van der Waals surface area contributed by atoms with Crippen LogP contribution in [0.5, 0.6) is 11.5 Å². The molecule has 0 aliphatic carbocycles. The van der Waals surface area contributed by atoms with Crippen molar-refractivity contribution in [3.63, 3.8) is 0 Å². The van der Waals surface area contributed by atoms with Gasteiger partial charge in [-0.3, -0.25) is 4.72 Å². The molecule has 0 saturated heterocycles. The molecule has 0 aliphatic heterocycles. The van der Waals surface area contributed by atoms with Crippen LogP contribution in [-0.4, -0.2) is 27.6 Å². The lowest BCUT2D eigenvalue weighted by Crippen LogP contribution is -2.13. The molecule has 0 aliphatic rings. The first-order valence-corrected chi connectivity index (χ1v) is 10.1. The number of benzene rings is 2. The van der Waals surface area contributed by atoms with Crippen molar-refractivity contribution in [2.75, 3.05) is 18.9 Å². The molecule has 3 aromatic rings. The Hall–Kier alpha value is -2.58. The summed E-state index contributed by atoms with van der Waals surface area (Å²) in [6.45, 7) is 1.93. The summed E-state index contributed by atoms with van der Waals surface area (Å²) in [6.07, 6.45) is 0. The van der Waals surface area contributed by atoms with E-state index in [2.05, 4.69) is 9.71 Å². The first kappa shape index (κ1) is 18.2. The fourth-order valence-electron chi connectivity index (χ4n) is 2.44. The largest absolute Gasteiger partial charge is 0.493 e. The summed E-state index contributed by atoms with van der Waals surface area (Å²) in [5, 5.41) is 2.90. The predicted molar refractivity (Wildman–Crippen MR) is 103 cm³/mol. The molecular formula is C18H18N2O4S2. The van der Waals surface area contributed by atoms with Crippen LogP contribution in [0.1, 0.15) is 5.01 Å². The molecule has 8 heteroatoms. The lowest BCUT2D eigenvalue weighted by molar-refractivity contribution is 0.354. The van der Waals surface area contributed by atoms with Crippen LogP contribution < -0.4 is 14.2 Å². The van der Waals surface area contributed by atoms with Gasteiger partial charge in [0.05, 0.1) is 29.8 Å². The summed E-state index contributed by atoms with van der Waals surface area (Å²) in [7, 11) is -0.813. The molecule has 0 radical (unpaired) electrons. The molecule has 6 nitrogen and oxygen atoms in total. The average molecular weight is 390 g/mol. The van der Waals surface area contributed by atoms with Gasteiger partial charge in [0.15, 0.2) is 11.5 Å². The van der Waals surface area contributed by atoms with Crippen molar-refractivity contribution in [2.24, 2.45) is 0 Å². The molecule has 0 saturated carbocycles. The number of sulfonamides is 1. The van der Waals surface area contributed by atoms with Crippen LogP contribution in [0.2, 0.25) is 0 Å². The second-order valence-electron chi connectivity index (χ2n) is 5.45. The second-order valence-corrected chi connectivity index (χ2v) is 8.20. The summed E-state index contributed by atoms with van der Waals surface area (Å²) < 4.78 is 38.3. The molecular weight excluding hydrogens is 372 g/mol. The Morgan fingerprint density at radius 1 is 1.04 bits per heavy atom. The molecule has 3 rings (SSSR count). The molecule has 2 aromatic carbocycles. The summed E-state index contributed by atoms with van der Waals surface area (Å²) in [5.74, 6) is 0.814. The van der Waals surface area contributed by atoms with E-state index in [1.807, 2.05) is 18.4 Å². The van der Waals surface area contributed by atoms with Gasteiger partial charge < -0.3 is 9.47 Å². The van der Waals surface area contributed by atoms with Gasteiger partial charge in [-0.15, -0.1) is 11.3 Å². The Morgan fingerprint density at radius 3 is 2.46 bits per heavy atom. The maximum absolute atomic E-state index is 12.7. The molecule has 0 spiro atoms. The number of nitrogens with one attached hydrogen (secondary N) is 1.